The van der Waals surface area contributed by atoms with Crippen LogP contribution in [0.25, 0.3) is 0 Å². The van der Waals surface area contributed by atoms with E-state index in [0.29, 0.717) is 19.5 Å². The van der Waals surface area contributed by atoms with Crippen LogP contribution in [-0.4, -0.2) is 47.1 Å². The zero-order valence-corrected chi connectivity index (χ0v) is 13.2. The van der Waals surface area contributed by atoms with Crippen molar-refractivity contribution in [1.82, 2.24) is 10.2 Å². The molecular weight excluding hydrogens is 280 g/mol. The van der Waals surface area contributed by atoms with Crippen LogP contribution in [0.1, 0.15) is 25.8 Å². The second-order valence-corrected chi connectivity index (χ2v) is 5.89. The molecule has 3 unspecified atom stereocenters. The molecule has 0 aromatic heterocycles. The lowest BCUT2D eigenvalue weighted by atomic mass is 10.0. The summed E-state index contributed by atoms with van der Waals surface area (Å²) in [6, 6.07) is 9.33. The minimum absolute atomic E-state index is 0.0279. The molecule has 1 aliphatic heterocycles. The Morgan fingerprint density at radius 1 is 1.41 bits per heavy atom. The quantitative estimate of drug-likeness (QED) is 0.822. The summed E-state index contributed by atoms with van der Waals surface area (Å²) in [5.41, 5.74) is 1.03. The molecule has 3 atom stereocenters. The van der Waals surface area contributed by atoms with Crippen molar-refractivity contribution in [3.8, 4) is 0 Å². The summed E-state index contributed by atoms with van der Waals surface area (Å²) in [4.78, 5) is 25.6. The fourth-order valence-electron chi connectivity index (χ4n) is 2.72. The highest BCUT2D eigenvalue weighted by atomic mass is 16.3. The van der Waals surface area contributed by atoms with Crippen LogP contribution in [0, 0.1) is 5.92 Å². The molecule has 1 aromatic carbocycles. The van der Waals surface area contributed by atoms with Gasteiger partial charge in [0.1, 0.15) is 0 Å². The van der Waals surface area contributed by atoms with Crippen molar-refractivity contribution in [3.63, 3.8) is 0 Å². The van der Waals surface area contributed by atoms with Crippen molar-refractivity contribution < 1.29 is 14.7 Å². The third-order valence-electron chi connectivity index (χ3n) is 4.20. The van der Waals surface area contributed by atoms with Crippen LogP contribution < -0.4 is 5.32 Å². The lowest BCUT2D eigenvalue weighted by molar-refractivity contribution is -0.129. The molecule has 0 bridgehead atoms. The molecule has 5 nitrogen and oxygen atoms in total. The van der Waals surface area contributed by atoms with Gasteiger partial charge in [-0.25, -0.2) is 0 Å². The Balaban J connectivity index is 1.84. The highest BCUT2D eigenvalue weighted by molar-refractivity contribution is 5.89. The van der Waals surface area contributed by atoms with E-state index in [2.05, 4.69) is 5.32 Å². The van der Waals surface area contributed by atoms with Crippen LogP contribution in [0.4, 0.5) is 0 Å². The highest BCUT2D eigenvalue weighted by Crippen LogP contribution is 2.18. The summed E-state index contributed by atoms with van der Waals surface area (Å²) in [7, 11) is 0. The minimum Gasteiger partial charge on any atom is -0.391 e. The summed E-state index contributed by atoms with van der Waals surface area (Å²) in [5.74, 6) is -0.428. The van der Waals surface area contributed by atoms with E-state index in [9.17, 15) is 14.7 Å². The van der Waals surface area contributed by atoms with Gasteiger partial charge in [0.25, 0.3) is 0 Å². The van der Waals surface area contributed by atoms with E-state index in [0.717, 1.165) is 5.56 Å². The molecule has 1 aliphatic rings. The molecule has 0 saturated carbocycles. The summed E-state index contributed by atoms with van der Waals surface area (Å²) >= 11 is 0. The number of likely N-dealkylation sites (tertiary alicyclic amines) is 1. The van der Waals surface area contributed by atoms with Crippen LogP contribution in [-0.2, 0) is 16.0 Å². The van der Waals surface area contributed by atoms with E-state index in [1.807, 2.05) is 37.3 Å². The maximum Gasteiger partial charge on any atom is 0.225 e. The molecule has 0 aliphatic carbocycles. The Morgan fingerprint density at radius 2 is 2.09 bits per heavy atom. The Labute approximate surface area is 131 Å². The summed E-state index contributed by atoms with van der Waals surface area (Å²) in [5, 5.41) is 13.1. The van der Waals surface area contributed by atoms with E-state index >= 15 is 0 Å². The van der Waals surface area contributed by atoms with Gasteiger partial charge in [-0.3, -0.25) is 9.59 Å². The van der Waals surface area contributed by atoms with Crippen molar-refractivity contribution in [3.05, 3.63) is 35.9 Å². The van der Waals surface area contributed by atoms with Crippen molar-refractivity contribution in [1.29, 1.82) is 0 Å². The van der Waals surface area contributed by atoms with Gasteiger partial charge in [-0.1, -0.05) is 30.3 Å². The number of carbonyl (C=O) groups excluding carboxylic acids is 2. The lowest BCUT2D eigenvalue weighted by Gasteiger charge is -2.22. The van der Waals surface area contributed by atoms with Gasteiger partial charge < -0.3 is 15.3 Å². The molecule has 1 heterocycles. The third kappa shape index (κ3) is 4.07. The van der Waals surface area contributed by atoms with Gasteiger partial charge in [0.15, 0.2) is 0 Å². The molecule has 1 aromatic rings. The Bertz CT molecular complexity index is 518. The molecule has 5 heteroatoms. The molecule has 0 radical (unpaired) electrons. The number of carbonyl (C=O) groups is 2. The summed E-state index contributed by atoms with van der Waals surface area (Å²) < 4.78 is 0. The molecule has 2 N–H and O–H groups in total. The first kappa shape index (κ1) is 16.5. The van der Waals surface area contributed by atoms with E-state index in [4.69, 9.17) is 0 Å². The molecule has 1 fully saturated rings. The zero-order valence-electron chi connectivity index (χ0n) is 13.2. The first-order chi connectivity index (χ1) is 10.5. The average Bonchev–Trinajstić information content (AvgIpc) is 2.89. The molecule has 2 amide bonds. The highest BCUT2D eigenvalue weighted by Gasteiger charge is 2.34. The smallest absolute Gasteiger partial charge is 0.225 e. The topological polar surface area (TPSA) is 69.6 Å². The maximum absolute atomic E-state index is 12.2. The Kier molecular flexibility index (Phi) is 5.55. The van der Waals surface area contributed by atoms with E-state index in [1.165, 1.54) is 0 Å². The second kappa shape index (κ2) is 7.40. The fraction of sp³-hybridized carbons (Fsp3) is 0.529. The Hall–Kier alpha value is -1.88. The summed E-state index contributed by atoms with van der Waals surface area (Å²) in [6.07, 6.45) is 0.111. The number of hydrogen-bond acceptors (Lipinski definition) is 3. The molecule has 0 spiro atoms. The second-order valence-electron chi connectivity index (χ2n) is 5.89. The lowest BCUT2D eigenvalue weighted by Crippen LogP contribution is -2.45. The van der Waals surface area contributed by atoms with E-state index in [-0.39, 0.29) is 30.2 Å². The fourth-order valence-corrected chi connectivity index (χ4v) is 2.72. The van der Waals surface area contributed by atoms with Crippen molar-refractivity contribution >= 4 is 11.8 Å². The molecular formula is C17H24N2O3. The van der Waals surface area contributed by atoms with Crippen LogP contribution >= 0.6 is 0 Å². The number of nitrogens with zero attached hydrogens (tertiary/aromatic N) is 1. The van der Waals surface area contributed by atoms with Crippen LogP contribution in [0.5, 0.6) is 0 Å². The van der Waals surface area contributed by atoms with Crippen LogP contribution in [0.3, 0.4) is 0 Å². The van der Waals surface area contributed by atoms with Crippen molar-refractivity contribution in [2.45, 2.75) is 38.8 Å². The molecule has 120 valence electrons. The molecule has 2 rings (SSSR count). The van der Waals surface area contributed by atoms with Crippen molar-refractivity contribution in [2.75, 3.05) is 13.1 Å². The number of amides is 2. The van der Waals surface area contributed by atoms with Crippen LogP contribution in [0.15, 0.2) is 30.3 Å². The predicted molar refractivity (Wildman–Crippen MR) is 84.1 cm³/mol. The van der Waals surface area contributed by atoms with Gasteiger partial charge in [0.05, 0.1) is 18.1 Å². The number of aliphatic hydroxyl groups excluding tert-OH is 1. The predicted octanol–water partition coefficient (Wildman–Crippen LogP) is 0.963. The third-order valence-corrected chi connectivity index (χ3v) is 4.20. The van der Waals surface area contributed by atoms with Gasteiger partial charge >= 0.3 is 0 Å². The number of nitrogens with one attached hydrogen (secondary N) is 1. The maximum atomic E-state index is 12.2. The number of rotatable bonds is 6. The first-order valence-corrected chi connectivity index (χ1v) is 7.81. The van der Waals surface area contributed by atoms with Gasteiger partial charge in [-0.2, -0.15) is 0 Å². The normalized spacial score (nSPS) is 20.8. The molecule has 1 saturated heterocycles. The van der Waals surface area contributed by atoms with Crippen LogP contribution in [0.2, 0.25) is 0 Å². The number of hydrogen-bond donors (Lipinski definition) is 2. The van der Waals surface area contributed by atoms with E-state index in [1.54, 1.807) is 11.8 Å². The first-order valence-electron chi connectivity index (χ1n) is 7.81. The number of benzene rings is 1. The monoisotopic (exact) mass is 304 g/mol. The van der Waals surface area contributed by atoms with Gasteiger partial charge in [0, 0.05) is 25.9 Å². The average molecular weight is 304 g/mol. The van der Waals surface area contributed by atoms with E-state index < -0.39 is 6.10 Å². The zero-order chi connectivity index (χ0) is 16.1. The number of aliphatic hydroxyl groups is 1. The SMILES string of the molecule is CCN1CC(C(=O)NC(C)C(O)Cc2ccccc2)CC1=O. The summed E-state index contributed by atoms with van der Waals surface area (Å²) in [6.45, 7) is 4.81. The van der Waals surface area contributed by atoms with Crippen molar-refractivity contribution in [2.24, 2.45) is 5.92 Å². The largest absolute Gasteiger partial charge is 0.391 e. The Morgan fingerprint density at radius 3 is 2.68 bits per heavy atom. The van der Waals surface area contributed by atoms with Gasteiger partial charge in [-0.05, 0) is 19.4 Å². The van der Waals surface area contributed by atoms with Gasteiger partial charge in [0.2, 0.25) is 11.8 Å². The standard InChI is InChI=1S/C17H24N2O3/c1-3-19-11-14(10-16(19)21)17(22)18-12(2)15(20)9-13-7-5-4-6-8-13/h4-8,12,14-15,20H,3,9-11H2,1-2H3,(H,18,22). The molecule has 22 heavy (non-hydrogen) atoms. The van der Waals surface area contributed by atoms with Gasteiger partial charge in [-0.15, -0.1) is 0 Å². The minimum atomic E-state index is -0.647.